The molecule has 2 aromatic rings. The van der Waals surface area contributed by atoms with Gasteiger partial charge in [0.25, 0.3) is 0 Å². The van der Waals surface area contributed by atoms with Gasteiger partial charge in [0.1, 0.15) is 23.3 Å². The molecule has 1 aliphatic rings. The Morgan fingerprint density at radius 3 is 2.46 bits per heavy atom. The Bertz CT molecular complexity index is 879. The molecule has 8 nitrogen and oxygen atoms in total. The first-order chi connectivity index (χ1) is 12.4. The van der Waals surface area contributed by atoms with E-state index in [1.807, 2.05) is 32.0 Å². The fraction of sp³-hybridized carbons (Fsp3) is 0.471. The summed E-state index contributed by atoms with van der Waals surface area (Å²) < 4.78 is 25.6. The highest BCUT2D eigenvalue weighted by molar-refractivity contribution is 7.89. The third kappa shape index (κ3) is 4.28. The zero-order valence-corrected chi connectivity index (χ0v) is 16.1. The molecule has 3 rings (SSSR count). The molecule has 0 aliphatic carbocycles. The van der Waals surface area contributed by atoms with Crippen molar-refractivity contribution in [2.75, 3.05) is 42.1 Å². The maximum Gasteiger partial charge on any atom is 0.213 e. The van der Waals surface area contributed by atoms with Crippen LogP contribution >= 0.6 is 0 Å². The van der Waals surface area contributed by atoms with Crippen molar-refractivity contribution in [1.82, 2.24) is 19.3 Å². The molecule has 1 fully saturated rings. The first-order valence-electron chi connectivity index (χ1n) is 8.65. The third-order valence-corrected chi connectivity index (χ3v) is 6.20. The standard InChI is InChI=1S/C17H24N6O2S/c1-4-26(24,25)23-9-7-22(8-10-23)17-12-16(19-14(3)20-17)21-15-11-13(2)5-6-18-15/h5-6,11-12H,4,7-10H2,1-3H3,(H,18,19,20,21). The molecule has 0 radical (unpaired) electrons. The molecule has 1 N–H and O–H groups in total. The van der Waals surface area contributed by atoms with Crippen molar-refractivity contribution in [3.05, 3.63) is 35.8 Å². The lowest BCUT2D eigenvalue weighted by Gasteiger charge is -2.34. The lowest BCUT2D eigenvalue weighted by Crippen LogP contribution is -2.49. The molecular weight excluding hydrogens is 352 g/mol. The number of hydrogen-bond acceptors (Lipinski definition) is 7. The van der Waals surface area contributed by atoms with Crippen molar-refractivity contribution in [1.29, 1.82) is 0 Å². The number of anilines is 3. The SMILES string of the molecule is CCS(=O)(=O)N1CCN(c2cc(Nc3cc(C)ccn3)nc(C)n2)CC1. The van der Waals surface area contributed by atoms with Crippen molar-refractivity contribution >= 4 is 27.5 Å². The average molecular weight is 376 g/mol. The summed E-state index contributed by atoms with van der Waals surface area (Å²) in [5.74, 6) is 2.99. The van der Waals surface area contributed by atoms with E-state index < -0.39 is 10.0 Å². The van der Waals surface area contributed by atoms with Crippen LogP contribution in [0.1, 0.15) is 18.3 Å². The number of nitrogens with one attached hydrogen (secondary N) is 1. The third-order valence-electron chi connectivity index (χ3n) is 4.32. The minimum absolute atomic E-state index is 0.136. The number of hydrogen-bond donors (Lipinski definition) is 1. The molecule has 0 spiro atoms. The van der Waals surface area contributed by atoms with Crippen LogP contribution < -0.4 is 10.2 Å². The molecule has 1 saturated heterocycles. The van der Waals surface area contributed by atoms with E-state index in [0.29, 0.717) is 37.8 Å². The Labute approximate surface area is 154 Å². The Balaban J connectivity index is 1.74. The quantitative estimate of drug-likeness (QED) is 0.849. The second kappa shape index (κ2) is 7.55. The monoisotopic (exact) mass is 376 g/mol. The Morgan fingerprint density at radius 2 is 1.81 bits per heavy atom. The van der Waals surface area contributed by atoms with E-state index >= 15 is 0 Å². The van der Waals surface area contributed by atoms with Crippen molar-refractivity contribution in [2.45, 2.75) is 20.8 Å². The van der Waals surface area contributed by atoms with Crippen molar-refractivity contribution in [2.24, 2.45) is 0 Å². The first-order valence-corrected chi connectivity index (χ1v) is 10.3. The van der Waals surface area contributed by atoms with E-state index in [2.05, 4.69) is 25.2 Å². The van der Waals surface area contributed by atoms with Crippen LogP contribution in [0, 0.1) is 13.8 Å². The second-order valence-electron chi connectivity index (χ2n) is 6.29. The highest BCUT2D eigenvalue weighted by Gasteiger charge is 2.26. The summed E-state index contributed by atoms with van der Waals surface area (Å²) in [6.07, 6.45) is 1.75. The lowest BCUT2D eigenvalue weighted by molar-refractivity contribution is 0.384. The van der Waals surface area contributed by atoms with Crippen LogP contribution in [0.5, 0.6) is 0 Å². The number of pyridine rings is 1. The number of piperazine rings is 1. The topological polar surface area (TPSA) is 91.3 Å². The van der Waals surface area contributed by atoms with Gasteiger partial charge in [-0.15, -0.1) is 0 Å². The molecule has 26 heavy (non-hydrogen) atoms. The van der Waals surface area contributed by atoms with Gasteiger partial charge in [0.05, 0.1) is 5.75 Å². The summed E-state index contributed by atoms with van der Waals surface area (Å²) in [4.78, 5) is 15.3. The molecule has 0 unspecified atom stereocenters. The van der Waals surface area contributed by atoms with Crippen LogP contribution in [0.3, 0.4) is 0 Å². The van der Waals surface area contributed by atoms with E-state index in [0.717, 1.165) is 17.2 Å². The number of aryl methyl sites for hydroxylation is 2. The summed E-state index contributed by atoms with van der Waals surface area (Å²) in [5.41, 5.74) is 1.11. The van der Waals surface area contributed by atoms with Crippen LogP contribution in [0.2, 0.25) is 0 Å². The van der Waals surface area contributed by atoms with Gasteiger partial charge in [-0.05, 0) is 38.5 Å². The van der Waals surface area contributed by atoms with Gasteiger partial charge >= 0.3 is 0 Å². The highest BCUT2D eigenvalue weighted by Crippen LogP contribution is 2.21. The molecular formula is C17H24N6O2S. The van der Waals surface area contributed by atoms with E-state index in [1.165, 1.54) is 0 Å². The van der Waals surface area contributed by atoms with Gasteiger partial charge in [0, 0.05) is 38.4 Å². The molecule has 1 aliphatic heterocycles. The second-order valence-corrected chi connectivity index (χ2v) is 8.55. The zero-order chi connectivity index (χ0) is 18.7. The summed E-state index contributed by atoms with van der Waals surface area (Å²) >= 11 is 0. The van der Waals surface area contributed by atoms with Gasteiger partial charge < -0.3 is 10.2 Å². The van der Waals surface area contributed by atoms with E-state index in [4.69, 9.17) is 0 Å². The highest BCUT2D eigenvalue weighted by atomic mass is 32.2. The molecule has 0 amide bonds. The number of nitrogens with zero attached hydrogens (tertiary/aromatic N) is 5. The van der Waals surface area contributed by atoms with Crippen LogP contribution in [-0.4, -0.2) is 59.6 Å². The minimum atomic E-state index is -3.13. The van der Waals surface area contributed by atoms with Gasteiger partial charge in [0.15, 0.2) is 0 Å². The van der Waals surface area contributed by atoms with Gasteiger partial charge in [-0.2, -0.15) is 4.31 Å². The van der Waals surface area contributed by atoms with E-state index in [-0.39, 0.29) is 5.75 Å². The van der Waals surface area contributed by atoms with Crippen LogP contribution in [0.4, 0.5) is 17.5 Å². The molecule has 3 heterocycles. The smallest absolute Gasteiger partial charge is 0.213 e. The number of aromatic nitrogens is 3. The Morgan fingerprint density at radius 1 is 1.08 bits per heavy atom. The molecule has 0 atom stereocenters. The Hall–Kier alpha value is -2.26. The maximum absolute atomic E-state index is 12.0. The van der Waals surface area contributed by atoms with Gasteiger partial charge in [-0.25, -0.2) is 23.4 Å². The van der Waals surface area contributed by atoms with Crippen LogP contribution in [0.25, 0.3) is 0 Å². The van der Waals surface area contributed by atoms with E-state index in [1.54, 1.807) is 17.4 Å². The Kier molecular flexibility index (Phi) is 5.38. The van der Waals surface area contributed by atoms with E-state index in [9.17, 15) is 8.42 Å². The fourth-order valence-electron chi connectivity index (χ4n) is 2.89. The lowest BCUT2D eigenvalue weighted by atomic mass is 10.3. The molecule has 0 aromatic carbocycles. The molecule has 0 bridgehead atoms. The van der Waals surface area contributed by atoms with Crippen LogP contribution in [0.15, 0.2) is 24.4 Å². The van der Waals surface area contributed by atoms with Crippen molar-refractivity contribution in [3.8, 4) is 0 Å². The average Bonchev–Trinajstić information content (AvgIpc) is 2.61. The fourth-order valence-corrected chi connectivity index (χ4v) is 3.98. The number of rotatable bonds is 5. The van der Waals surface area contributed by atoms with Crippen LogP contribution in [-0.2, 0) is 10.0 Å². The van der Waals surface area contributed by atoms with Gasteiger partial charge in [-0.1, -0.05) is 0 Å². The predicted octanol–water partition coefficient (Wildman–Crippen LogP) is 1.70. The van der Waals surface area contributed by atoms with Crippen molar-refractivity contribution in [3.63, 3.8) is 0 Å². The van der Waals surface area contributed by atoms with Crippen molar-refractivity contribution < 1.29 is 8.42 Å². The molecule has 140 valence electrons. The normalized spacial score (nSPS) is 15.9. The van der Waals surface area contributed by atoms with Gasteiger partial charge in [0.2, 0.25) is 10.0 Å². The largest absolute Gasteiger partial charge is 0.354 e. The molecule has 2 aromatic heterocycles. The zero-order valence-electron chi connectivity index (χ0n) is 15.3. The predicted molar refractivity (Wildman–Crippen MR) is 102 cm³/mol. The first kappa shape index (κ1) is 18.5. The molecule has 9 heteroatoms. The minimum Gasteiger partial charge on any atom is -0.354 e. The summed E-state index contributed by atoms with van der Waals surface area (Å²) in [7, 11) is -3.13. The molecule has 0 saturated carbocycles. The summed E-state index contributed by atoms with van der Waals surface area (Å²) in [6.45, 7) is 7.69. The summed E-state index contributed by atoms with van der Waals surface area (Å²) in [5, 5.41) is 3.21. The number of sulfonamides is 1. The summed E-state index contributed by atoms with van der Waals surface area (Å²) in [6, 6.07) is 5.76. The van der Waals surface area contributed by atoms with Gasteiger partial charge in [-0.3, -0.25) is 0 Å². The maximum atomic E-state index is 12.0.